The van der Waals surface area contributed by atoms with Gasteiger partial charge < -0.3 is 0 Å². The number of imide groups is 1. The molecule has 0 aromatic carbocycles. The van der Waals surface area contributed by atoms with Gasteiger partial charge in [-0.2, -0.15) is 0 Å². The van der Waals surface area contributed by atoms with Crippen LogP contribution in [0.15, 0.2) is 0 Å². The molecule has 2 fully saturated rings. The molecule has 0 atom stereocenters. The summed E-state index contributed by atoms with van der Waals surface area (Å²) in [5.74, 6) is 0.679. The van der Waals surface area contributed by atoms with Crippen LogP contribution in [0.1, 0.15) is 51.9 Å². The summed E-state index contributed by atoms with van der Waals surface area (Å²) in [7, 11) is 0. The molecule has 0 unspecified atom stereocenters. The van der Waals surface area contributed by atoms with E-state index in [0.717, 1.165) is 18.8 Å². The fourth-order valence-corrected chi connectivity index (χ4v) is 3.04. The molecule has 3 nitrogen and oxygen atoms in total. The van der Waals surface area contributed by atoms with E-state index < -0.39 is 0 Å². The van der Waals surface area contributed by atoms with Gasteiger partial charge >= 0.3 is 0 Å². The molecular formula is C12H19NO2. The number of piperidine rings is 1. The van der Waals surface area contributed by atoms with Crippen LogP contribution in [0, 0.1) is 11.3 Å². The summed E-state index contributed by atoms with van der Waals surface area (Å²) < 4.78 is 0. The van der Waals surface area contributed by atoms with Crippen LogP contribution >= 0.6 is 0 Å². The zero-order valence-corrected chi connectivity index (χ0v) is 9.34. The molecule has 0 aromatic heterocycles. The van der Waals surface area contributed by atoms with Gasteiger partial charge in [0.2, 0.25) is 11.8 Å². The van der Waals surface area contributed by atoms with Crippen molar-refractivity contribution in [3.63, 3.8) is 0 Å². The van der Waals surface area contributed by atoms with Crippen molar-refractivity contribution in [1.29, 1.82) is 0 Å². The number of nitrogens with one attached hydrogen (secondary N) is 1. The van der Waals surface area contributed by atoms with Crippen LogP contribution in [0.5, 0.6) is 0 Å². The SMILES string of the molecule is CCC1CCC2(CC1)CC(=O)NC(=O)C2. The summed E-state index contributed by atoms with van der Waals surface area (Å²) in [6.07, 6.45) is 6.87. The lowest BCUT2D eigenvalue weighted by molar-refractivity contribution is -0.139. The van der Waals surface area contributed by atoms with Crippen molar-refractivity contribution < 1.29 is 9.59 Å². The molecule has 3 heteroatoms. The molecular weight excluding hydrogens is 190 g/mol. The molecule has 1 heterocycles. The van der Waals surface area contributed by atoms with Crippen LogP contribution in [0.2, 0.25) is 0 Å². The molecule has 0 aromatic rings. The first-order valence-electron chi connectivity index (χ1n) is 5.96. The van der Waals surface area contributed by atoms with Crippen LogP contribution in [-0.4, -0.2) is 11.8 Å². The van der Waals surface area contributed by atoms with Crippen LogP contribution in [-0.2, 0) is 9.59 Å². The number of carbonyl (C=O) groups excluding carboxylic acids is 2. The lowest BCUT2D eigenvalue weighted by Crippen LogP contribution is -2.46. The molecule has 0 radical (unpaired) electrons. The zero-order valence-electron chi connectivity index (χ0n) is 9.34. The standard InChI is InChI=1S/C12H19NO2/c1-2-9-3-5-12(6-4-9)7-10(14)13-11(15)8-12/h9H,2-8H2,1H3,(H,13,14,15). The Morgan fingerprint density at radius 1 is 1.20 bits per heavy atom. The molecule has 1 saturated carbocycles. The number of hydrogen-bond donors (Lipinski definition) is 1. The topological polar surface area (TPSA) is 46.2 Å². The van der Waals surface area contributed by atoms with Gasteiger partial charge in [0, 0.05) is 12.8 Å². The third kappa shape index (κ3) is 2.21. The van der Waals surface area contributed by atoms with Crippen molar-refractivity contribution in [2.24, 2.45) is 11.3 Å². The van der Waals surface area contributed by atoms with Gasteiger partial charge in [0.25, 0.3) is 0 Å². The molecule has 1 aliphatic carbocycles. The van der Waals surface area contributed by atoms with Gasteiger partial charge in [-0.3, -0.25) is 14.9 Å². The predicted molar refractivity (Wildman–Crippen MR) is 57.1 cm³/mol. The molecule has 2 aliphatic rings. The fraction of sp³-hybridized carbons (Fsp3) is 0.833. The Balaban J connectivity index is 2.02. The number of hydrogen-bond acceptors (Lipinski definition) is 2. The fourth-order valence-electron chi connectivity index (χ4n) is 3.04. The van der Waals surface area contributed by atoms with Crippen molar-refractivity contribution >= 4 is 11.8 Å². The summed E-state index contributed by atoms with van der Waals surface area (Å²) in [6.45, 7) is 2.22. The first kappa shape index (κ1) is 10.7. The Kier molecular flexibility index (Phi) is 2.81. The number of amides is 2. The maximum absolute atomic E-state index is 11.4. The Labute approximate surface area is 90.6 Å². The van der Waals surface area contributed by atoms with Gasteiger partial charge in [-0.1, -0.05) is 13.3 Å². The average Bonchev–Trinajstić information content (AvgIpc) is 2.17. The summed E-state index contributed by atoms with van der Waals surface area (Å²) in [5, 5.41) is 2.40. The minimum absolute atomic E-state index is 0.0189. The third-order valence-corrected chi connectivity index (χ3v) is 4.09. The molecule has 1 N–H and O–H groups in total. The molecule has 15 heavy (non-hydrogen) atoms. The van der Waals surface area contributed by atoms with Gasteiger partial charge in [0.05, 0.1) is 0 Å². The average molecular weight is 209 g/mol. The highest BCUT2D eigenvalue weighted by atomic mass is 16.2. The van der Waals surface area contributed by atoms with Gasteiger partial charge in [-0.15, -0.1) is 0 Å². The second-order valence-corrected chi connectivity index (χ2v) is 5.18. The van der Waals surface area contributed by atoms with Crippen LogP contribution < -0.4 is 5.32 Å². The van der Waals surface area contributed by atoms with Crippen molar-refractivity contribution in [2.75, 3.05) is 0 Å². The highest BCUT2D eigenvalue weighted by molar-refractivity contribution is 5.98. The van der Waals surface area contributed by atoms with Crippen LogP contribution in [0.25, 0.3) is 0 Å². The van der Waals surface area contributed by atoms with Crippen molar-refractivity contribution in [3.05, 3.63) is 0 Å². The Morgan fingerprint density at radius 2 is 1.73 bits per heavy atom. The lowest BCUT2D eigenvalue weighted by atomic mass is 9.65. The summed E-state index contributed by atoms with van der Waals surface area (Å²) in [4.78, 5) is 22.7. The minimum Gasteiger partial charge on any atom is -0.296 e. The maximum atomic E-state index is 11.4. The van der Waals surface area contributed by atoms with E-state index in [1.807, 2.05) is 0 Å². The van der Waals surface area contributed by atoms with E-state index in [1.54, 1.807) is 0 Å². The van der Waals surface area contributed by atoms with E-state index in [9.17, 15) is 9.59 Å². The molecule has 1 saturated heterocycles. The summed E-state index contributed by atoms with van der Waals surface area (Å²) >= 11 is 0. The van der Waals surface area contributed by atoms with E-state index in [2.05, 4.69) is 12.2 Å². The summed E-state index contributed by atoms with van der Waals surface area (Å²) in [5.41, 5.74) is 0.0189. The Morgan fingerprint density at radius 3 is 2.20 bits per heavy atom. The van der Waals surface area contributed by atoms with Crippen LogP contribution in [0.4, 0.5) is 0 Å². The van der Waals surface area contributed by atoms with Crippen molar-refractivity contribution in [2.45, 2.75) is 51.9 Å². The monoisotopic (exact) mass is 209 g/mol. The highest BCUT2D eigenvalue weighted by Crippen LogP contribution is 2.46. The molecule has 1 spiro atoms. The largest absolute Gasteiger partial charge is 0.296 e. The highest BCUT2D eigenvalue weighted by Gasteiger charge is 2.41. The quantitative estimate of drug-likeness (QED) is 0.671. The van der Waals surface area contributed by atoms with Crippen molar-refractivity contribution in [3.8, 4) is 0 Å². The molecule has 2 amide bonds. The van der Waals surface area contributed by atoms with E-state index in [4.69, 9.17) is 0 Å². The van der Waals surface area contributed by atoms with E-state index >= 15 is 0 Å². The molecule has 1 aliphatic heterocycles. The smallest absolute Gasteiger partial charge is 0.227 e. The number of rotatable bonds is 1. The second-order valence-electron chi connectivity index (χ2n) is 5.18. The molecule has 2 rings (SSSR count). The van der Waals surface area contributed by atoms with Gasteiger partial charge in [-0.25, -0.2) is 0 Å². The lowest BCUT2D eigenvalue weighted by Gasteiger charge is -2.41. The van der Waals surface area contributed by atoms with Gasteiger partial charge in [0.15, 0.2) is 0 Å². The van der Waals surface area contributed by atoms with Gasteiger partial charge in [0.1, 0.15) is 0 Å². The normalized spacial score (nSPS) is 26.7. The van der Waals surface area contributed by atoms with E-state index in [0.29, 0.717) is 12.8 Å². The van der Waals surface area contributed by atoms with Gasteiger partial charge in [-0.05, 0) is 37.0 Å². The maximum Gasteiger partial charge on any atom is 0.227 e. The minimum atomic E-state index is -0.0683. The number of carbonyl (C=O) groups is 2. The van der Waals surface area contributed by atoms with E-state index in [1.165, 1.54) is 19.3 Å². The summed E-state index contributed by atoms with van der Waals surface area (Å²) in [6, 6.07) is 0. The molecule has 84 valence electrons. The second kappa shape index (κ2) is 3.95. The van der Waals surface area contributed by atoms with Crippen LogP contribution in [0.3, 0.4) is 0 Å². The Hall–Kier alpha value is -0.860. The third-order valence-electron chi connectivity index (χ3n) is 4.09. The van der Waals surface area contributed by atoms with E-state index in [-0.39, 0.29) is 17.2 Å². The first-order chi connectivity index (χ1) is 7.13. The first-order valence-corrected chi connectivity index (χ1v) is 5.96. The predicted octanol–water partition coefficient (Wildman–Crippen LogP) is 2.01. The zero-order chi connectivity index (χ0) is 10.9. The molecule has 0 bridgehead atoms. The van der Waals surface area contributed by atoms with Crippen molar-refractivity contribution in [1.82, 2.24) is 5.32 Å². The Bertz CT molecular complexity index is 259.